The van der Waals surface area contributed by atoms with Crippen LogP contribution in [-0.4, -0.2) is 18.1 Å². The molecule has 0 aliphatic carbocycles. The van der Waals surface area contributed by atoms with Crippen molar-refractivity contribution in [2.24, 2.45) is 0 Å². The van der Waals surface area contributed by atoms with E-state index < -0.39 is 0 Å². The van der Waals surface area contributed by atoms with Crippen LogP contribution in [0.4, 0.5) is 0 Å². The summed E-state index contributed by atoms with van der Waals surface area (Å²) in [5.41, 5.74) is 2.85. The lowest BCUT2D eigenvalue weighted by Gasteiger charge is -2.35. The lowest BCUT2D eigenvalue weighted by Crippen LogP contribution is -2.39. The fourth-order valence-corrected chi connectivity index (χ4v) is 4.59. The van der Waals surface area contributed by atoms with E-state index in [0.29, 0.717) is 5.41 Å². The van der Waals surface area contributed by atoms with Gasteiger partial charge in [0.25, 0.3) is 0 Å². The van der Waals surface area contributed by atoms with Crippen LogP contribution in [0.2, 0.25) is 0 Å². The van der Waals surface area contributed by atoms with Gasteiger partial charge in [-0.05, 0) is 50.9 Å². The van der Waals surface area contributed by atoms with Crippen LogP contribution in [0.25, 0.3) is 10.2 Å². The van der Waals surface area contributed by atoms with Crippen LogP contribution >= 0.6 is 11.3 Å². The minimum absolute atomic E-state index is 0.329. The monoisotopic (exact) mass is 274 g/mol. The second kappa shape index (κ2) is 5.22. The fourth-order valence-electron chi connectivity index (χ4n) is 3.27. The first kappa shape index (κ1) is 13.1. The second-order valence-corrected chi connectivity index (χ2v) is 6.75. The Morgan fingerprint density at radius 3 is 2.79 bits per heavy atom. The SMILES string of the molecule is CCCC1(c2nc3c(C)cccc3s2)CCNCC1. The summed E-state index contributed by atoms with van der Waals surface area (Å²) in [6.45, 7) is 6.73. The molecule has 1 aromatic carbocycles. The largest absolute Gasteiger partial charge is 0.317 e. The Morgan fingerprint density at radius 2 is 2.11 bits per heavy atom. The number of fused-ring (bicyclic) bond motifs is 1. The first-order chi connectivity index (χ1) is 9.25. The molecule has 0 saturated carbocycles. The molecule has 1 saturated heterocycles. The van der Waals surface area contributed by atoms with E-state index in [4.69, 9.17) is 4.98 Å². The van der Waals surface area contributed by atoms with E-state index in [1.165, 1.54) is 46.5 Å². The van der Waals surface area contributed by atoms with Gasteiger partial charge in [0.2, 0.25) is 0 Å². The molecule has 2 aromatic rings. The number of aromatic nitrogens is 1. The van der Waals surface area contributed by atoms with Crippen molar-refractivity contribution in [2.75, 3.05) is 13.1 Å². The Kier molecular flexibility index (Phi) is 3.59. The van der Waals surface area contributed by atoms with Crippen LogP contribution in [-0.2, 0) is 5.41 Å². The Labute approximate surface area is 119 Å². The number of nitrogens with zero attached hydrogens (tertiary/aromatic N) is 1. The van der Waals surface area contributed by atoms with Gasteiger partial charge in [0.05, 0.1) is 10.2 Å². The quantitative estimate of drug-likeness (QED) is 0.914. The lowest BCUT2D eigenvalue weighted by molar-refractivity contribution is 0.285. The van der Waals surface area contributed by atoms with E-state index in [1.54, 1.807) is 0 Å². The van der Waals surface area contributed by atoms with E-state index in [9.17, 15) is 0 Å². The Morgan fingerprint density at radius 1 is 1.32 bits per heavy atom. The average molecular weight is 274 g/mol. The van der Waals surface area contributed by atoms with E-state index in [2.05, 4.69) is 37.4 Å². The van der Waals surface area contributed by atoms with Crippen LogP contribution < -0.4 is 5.32 Å². The van der Waals surface area contributed by atoms with Crippen molar-refractivity contribution in [3.8, 4) is 0 Å². The highest BCUT2D eigenvalue weighted by Gasteiger charge is 2.35. The van der Waals surface area contributed by atoms with Crippen molar-refractivity contribution in [3.05, 3.63) is 28.8 Å². The molecule has 2 heterocycles. The molecule has 1 aliphatic heterocycles. The predicted molar refractivity (Wildman–Crippen MR) is 83.0 cm³/mol. The number of piperidine rings is 1. The van der Waals surface area contributed by atoms with Crippen molar-refractivity contribution in [3.63, 3.8) is 0 Å². The smallest absolute Gasteiger partial charge is 0.100 e. The highest BCUT2D eigenvalue weighted by molar-refractivity contribution is 7.18. The first-order valence-electron chi connectivity index (χ1n) is 7.32. The number of aryl methyl sites for hydroxylation is 1. The molecule has 0 atom stereocenters. The molecule has 1 N–H and O–H groups in total. The Bertz CT molecular complexity index is 562. The van der Waals surface area contributed by atoms with Gasteiger partial charge in [-0.25, -0.2) is 4.98 Å². The molecule has 1 fully saturated rings. The van der Waals surface area contributed by atoms with Gasteiger partial charge in [-0.2, -0.15) is 0 Å². The maximum Gasteiger partial charge on any atom is 0.100 e. The van der Waals surface area contributed by atoms with E-state index in [0.717, 1.165) is 13.1 Å². The molecule has 3 heteroatoms. The standard InChI is InChI=1S/C16H22N2S/c1-3-7-16(8-10-17-11-9-16)15-18-14-12(2)5-4-6-13(14)19-15/h4-6,17H,3,7-11H2,1-2H3. The molecule has 0 amide bonds. The summed E-state index contributed by atoms with van der Waals surface area (Å²) in [5.74, 6) is 0. The lowest BCUT2D eigenvalue weighted by atomic mass is 9.76. The summed E-state index contributed by atoms with van der Waals surface area (Å²) in [5, 5.41) is 4.86. The van der Waals surface area contributed by atoms with Gasteiger partial charge in [0.1, 0.15) is 5.01 Å². The molecule has 1 aliphatic rings. The normalized spacial score (nSPS) is 18.8. The zero-order chi connectivity index (χ0) is 13.3. The summed E-state index contributed by atoms with van der Waals surface area (Å²) in [4.78, 5) is 5.02. The number of hydrogen-bond acceptors (Lipinski definition) is 3. The fraction of sp³-hybridized carbons (Fsp3) is 0.562. The number of benzene rings is 1. The van der Waals surface area contributed by atoms with Crippen LogP contribution in [0, 0.1) is 6.92 Å². The van der Waals surface area contributed by atoms with Crippen molar-refractivity contribution >= 4 is 21.6 Å². The molecular formula is C16H22N2S. The van der Waals surface area contributed by atoms with Crippen molar-refractivity contribution in [1.82, 2.24) is 10.3 Å². The number of para-hydroxylation sites is 1. The third-order valence-corrected chi connectivity index (χ3v) is 5.63. The highest BCUT2D eigenvalue weighted by atomic mass is 32.1. The van der Waals surface area contributed by atoms with Gasteiger partial charge < -0.3 is 5.32 Å². The van der Waals surface area contributed by atoms with Gasteiger partial charge in [0, 0.05) is 5.41 Å². The molecule has 102 valence electrons. The molecule has 0 spiro atoms. The molecule has 3 rings (SSSR count). The van der Waals surface area contributed by atoms with Crippen molar-refractivity contribution in [2.45, 2.75) is 44.9 Å². The van der Waals surface area contributed by atoms with E-state index >= 15 is 0 Å². The summed E-state index contributed by atoms with van der Waals surface area (Å²) in [6, 6.07) is 6.53. The topological polar surface area (TPSA) is 24.9 Å². The molecule has 19 heavy (non-hydrogen) atoms. The minimum atomic E-state index is 0.329. The third-order valence-electron chi connectivity index (χ3n) is 4.36. The second-order valence-electron chi connectivity index (χ2n) is 5.72. The zero-order valence-corrected chi connectivity index (χ0v) is 12.6. The molecule has 0 bridgehead atoms. The molecule has 0 unspecified atom stereocenters. The van der Waals surface area contributed by atoms with Crippen LogP contribution in [0.1, 0.15) is 43.2 Å². The number of thiazole rings is 1. The van der Waals surface area contributed by atoms with Gasteiger partial charge in [-0.3, -0.25) is 0 Å². The van der Waals surface area contributed by atoms with Crippen LogP contribution in [0.3, 0.4) is 0 Å². The van der Waals surface area contributed by atoms with E-state index in [1.807, 2.05) is 11.3 Å². The maximum absolute atomic E-state index is 5.02. The minimum Gasteiger partial charge on any atom is -0.317 e. The van der Waals surface area contributed by atoms with E-state index in [-0.39, 0.29) is 0 Å². The third kappa shape index (κ3) is 2.30. The first-order valence-corrected chi connectivity index (χ1v) is 8.14. The summed E-state index contributed by atoms with van der Waals surface area (Å²) in [7, 11) is 0. The molecular weight excluding hydrogens is 252 g/mol. The summed E-state index contributed by atoms with van der Waals surface area (Å²) >= 11 is 1.92. The Balaban J connectivity index is 2.07. The predicted octanol–water partition coefficient (Wildman–Crippen LogP) is 4.03. The zero-order valence-electron chi connectivity index (χ0n) is 11.8. The molecule has 2 nitrogen and oxygen atoms in total. The van der Waals surface area contributed by atoms with Gasteiger partial charge >= 0.3 is 0 Å². The van der Waals surface area contributed by atoms with Crippen molar-refractivity contribution < 1.29 is 0 Å². The van der Waals surface area contributed by atoms with Gasteiger partial charge in [0.15, 0.2) is 0 Å². The number of rotatable bonds is 3. The Hall–Kier alpha value is -0.930. The van der Waals surface area contributed by atoms with Crippen LogP contribution in [0.15, 0.2) is 18.2 Å². The number of nitrogens with one attached hydrogen (secondary N) is 1. The summed E-state index contributed by atoms with van der Waals surface area (Å²) in [6.07, 6.45) is 4.99. The molecule has 0 radical (unpaired) electrons. The average Bonchev–Trinajstić information content (AvgIpc) is 2.86. The maximum atomic E-state index is 5.02. The number of hydrogen-bond donors (Lipinski definition) is 1. The summed E-state index contributed by atoms with van der Waals surface area (Å²) < 4.78 is 1.35. The van der Waals surface area contributed by atoms with Gasteiger partial charge in [-0.1, -0.05) is 25.5 Å². The van der Waals surface area contributed by atoms with Crippen molar-refractivity contribution in [1.29, 1.82) is 0 Å². The van der Waals surface area contributed by atoms with Crippen LogP contribution in [0.5, 0.6) is 0 Å². The highest BCUT2D eigenvalue weighted by Crippen LogP contribution is 2.41. The molecule has 1 aromatic heterocycles. The van der Waals surface area contributed by atoms with Gasteiger partial charge in [-0.15, -0.1) is 11.3 Å².